The molecule has 5 heteroatoms. The zero-order valence-corrected chi connectivity index (χ0v) is 10.2. The third kappa shape index (κ3) is 2.94. The van der Waals surface area contributed by atoms with Gasteiger partial charge in [-0.1, -0.05) is 13.8 Å². The second-order valence-corrected chi connectivity index (χ2v) is 3.95. The number of hydrogen-bond donors (Lipinski definition) is 1. The molecule has 0 fully saturated rings. The molecule has 0 amide bonds. The van der Waals surface area contributed by atoms with Crippen molar-refractivity contribution in [1.29, 1.82) is 0 Å². The van der Waals surface area contributed by atoms with Gasteiger partial charge in [0.1, 0.15) is 5.75 Å². The van der Waals surface area contributed by atoms with Crippen LogP contribution in [0.25, 0.3) is 0 Å². The molecule has 0 aliphatic carbocycles. The van der Waals surface area contributed by atoms with E-state index >= 15 is 0 Å². The largest absolute Gasteiger partial charge is 0.497 e. The van der Waals surface area contributed by atoms with Gasteiger partial charge in [-0.2, -0.15) is 0 Å². The maximum absolute atomic E-state index is 11.0. The number of hydrogen-bond acceptors (Lipinski definition) is 4. The molecule has 0 heterocycles. The number of nitro benzene ring substituents is 1. The number of aliphatic hydroxyl groups is 1. The van der Waals surface area contributed by atoms with Crippen molar-refractivity contribution in [1.82, 2.24) is 0 Å². The number of nitro groups is 1. The van der Waals surface area contributed by atoms with E-state index in [-0.39, 0.29) is 11.6 Å². The zero-order valence-electron chi connectivity index (χ0n) is 10.2. The topological polar surface area (TPSA) is 72.6 Å². The standard InChI is InChI=1S/C12H17NO4/c1-4-12(14)8(2)10-6-5-9(17-3)7-11(10)13(15)16/h5-8,12,14H,4H2,1-3H3. The lowest BCUT2D eigenvalue weighted by atomic mass is 9.92. The first-order valence-electron chi connectivity index (χ1n) is 5.51. The quantitative estimate of drug-likeness (QED) is 0.632. The van der Waals surface area contributed by atoms with E-state index in [9.17, 15) is 15.2 Å². The monoisotopic (exact) mass is 239 g/mol. The van der Waals surface area contributed by atoms with E-state index in [1.807, 2.05) is 6.92 Å². The van der Waals surface area contributed by atoms with E-state index in [4.69, 9.17) is 4.74 Å². The second kappa shape index (κ2) is 5.63. The molecule has 17 heavy (non-hydrogen) atoms. The van der Waals surface area contributed by atoms with Crippen LogP contribution < -0.4 is 4.74 Å². The molecule has 0 aliphatic rings. The molecule has 1 N–H and O–H groups in total. The summed E-state index contributed by atoms with van der Waals surface area (Å²) in [6, 6.07) is 4.69. The van der Waals surface area contributed by atoms with Crippen molar-refractivity contribution in [2.45, 2.75) is 32.3 Å². The fraction of sp³-hybridized carbons (Fsp3) is 0.500. The van der Waals surface area contributed by atoms with Crippen molar-refractivity contribution < 1.29 is 14.8 Å². The van der Waals surface area contributed by atoms with E-state index in [1.54, 1.807) is 19.1 Å². The minimum atomic E-state index is -0.581. The summed E-state index contributed by atoms with van der Waals surface area (Å²) in [6.07, 6.45) is -0.0215. The summed E-state index contributed by atoms with van der Waals surface area (Å²) in [5.74, 6) is 0.171. The Bertz CT molecular complexity index is 405. The summed E-state index contributed by atoms with van der Waals surface area (Å²) >= 11 is 0. The molecule has 0 saturated carbocycles. The Morgan fingerprint density at radius 2 is 2.18 bits per heavy atom. The highest BCUT2D eigenvalue weighted by Gasteiger charge is 2.24. The third-order valence-electron chi connectivity index (χ3n) is 2.92. The number of benzene rings is 1. The van der Waals surface area contributed by atoms with E-state index in [0.717, 1.165) is 0 Å². The van der Waals surface area contributed by atoms with Crippen molar-refractivity contribution in [3.63, 3.8) is 0 Å². The van der Waals surface area contributed by atoms with Crippen LogP contribution in [0.15, 0.2) is 18.2 Å². The number of nitrogens with zero attached hydrogens (tertiary/aromatic N) is 1. The van der Waals surface area contributed by atoms with Gasteiger partial charge >= 0.3 is 0 Å². The third-order valence-corrected chi connectivity index (χ3v) is 2.92. The van der Waals surface area contributed by atoms with Gasteiger partial charge in [-0.15, -0.1) is 0 Å². The van der Waals surface area contributed by atoms with E-state index < -0.39 is 11.0 Å². The Morgan fingerprint density at radius 1 is 1.53 bits per heavy atom. The minimum Gasteiger partial charge on any atom is -0.497 e. The highest BCUT2D eigenvalue weighted by atomic mass is 16.6. The molecule has 0 spiro atoms. The molecule has 2 unspecified atom stereocenters. The zero-order chi connectivity index (χ0) is 13.0. The molecule has 0 bridgehead atoms. The second-order valence-electron chi connectivity index (χ2n) is 3.95. The fourth-order valence-corrected chi connectivity index (χ4v) is 1.75. The first-order valence-corrected chi connectivity index (χ1v) is 5.51. The van der Waals surface area contributed by atoms with Gasteiger partial charge in [0.25, 0.3) is 5.69 Å². The fourth-order valence-electron chi connectivity index (χ4n) is 1.75. The molecule has 0 saturated heterocycles. The van der Waals surface area contributed by atoms with Gasteiger partial charge in [-0.25, -0.2) is 0 Å². The summed E-state index contributed by atoms with van der Waals surface area (Å²) in [4.78, 5) is 10.5. The molecule has 1 aromatic carbocycles. The molecular weight excluding hydrogens is 222 g/mol. The van der Waals surface area contributed by atoms with E-state index in [2.05, 4.69) is 0 Å². The molecule has 0 aliphatic heterocycles. The number of ether oxygens (including phenoxy) is 1. The van der Waals surface area contributed by atoms with Crippen LogP contribution >= 0.6 is 0 Å². The summed E-state index contributed by atoms with van der Waals surface area (Å²) < 4.78 is 4.96. The predicted octanol–water partition coefficient (Wildman–Crippen LogP) is 2.48. The van der Waals surface area contributed by atoms with Crippen LogP contribution in [0.4, 0.5) is 5.69 Å². The maximum Gasteiger partial charge on any atom is 0.276 e. The van der Waals surface area contributed by atoms with Crippen LogP contribution in [0.5, 0.6) is 5.75 Å². The van der Waals surface area contributed by atoms with Crippen molar-refractivity contribution in [2.75, 3.05) is 7.11 Å². The average molecular weight is 239 g/mol. The van der Waals surface area contributed by atoms with Crippen molar-refractivity contribution in [3.05, 3.63) is 33.9 Å². The molecule has 1 rings (SSSR count). The molecule has 94 valence electrons. The minimum absolute atomic E-state index is 0.00986. The smallest absolute Gasteiger partial charge is 0.276 e. The number of aliphatic hydroxyl groups excluding tert-OH is 1. The Morgan fingerprint density at radius 3 is 2.65 bits per heavy atom. The maximum atomic E-state index is 11.0. The molecule has 0 aromatic heterocycles. The van der Waals surface area contributed by atoms with Crippen molar-refractivity contribution >= 4 is 5.69 Å². The Labute approximate surface area is 100 Å². The average Bonchev–Trinajstić information content (AvgIpc) is 2.35. The first kappa shape index (κ1) is 13.4. The van der Waals surface area contributed by atoms with Gasteiger partial charge in [0, 0.05) is 11.5 Å². The Hall–Kier alpha value is -1.62. The molecule has 1 aromatic rings. The Kier molecular flexibility index (Phi) is 4.45. The van der Waals surface area contributed by atoms with Crippen LogP contribution in [-0.2, 0) is 0 Å². The van der Waals surface area contributed by atoms with Gasteiger partial charge in [0.05, 0.1) is 24.2 Å². The van der Waals surface area contributed by atoms with Crippen molar-refractivity contribution in [2.24, 2.45) is 0 Å². The van der Waals surface area contributed by atoms with Crippen LogP contribution in [0.3, 0.4) is 0 Å². The summed E-state index contributed by atoms with van der Waals surface area (Å²) in [7, 11) is 1.46. The number of methoxy groups -OCH3 is 1. The lowest BCUT2D eigenvalue weighted by Gasteiger charge is -2.17. The van der Waals surface area contributed by atoms with Crippen LogP contribution in [-0.4, -0.2) is 23.2 Å². The highest BCUT2D eigenvalue weighted by molar-refractivity contribution is 5.48. The normalized spacial score (nSPS) is 14.1. The molecular formula is C12H17NO4. The lowest BCUT2D eigenvalue weighted by Crippen LogP contribution is -2.15. The van der Waals surface area contributed by atoms with Crippen LogP contribution in [0, 0.1) is 10.1 Å². The van der Waals surface area contributed by atoms with Gasteiger partial charge in [-0.05, 0) is 18.6 Å². The van der Waals surface area contributed by atoms with Crippen LogP contribution in [0.2, 0.25) is 0 Å². The number of rotatable bonds is 5. The van der Waals surface area contributed by atoms with E-state index in [0.29, 0.717) is 17.7 Å². The summed E-state index contributed by atoms with van der Waals surface area (Å²) in [5.41, 5.74) is 0.523. The Balaban J connectivity index is 3.18. The molecule has 2 atom stereocenters. The van der Waals surface area contributed by atoms with Gasteiger partial charge < -0.3 is 9.84 Å². The van der Waals surface area contributed by atoms with Gasteiger partial charge in [-0.3, -0.25) is 10.1 Å². The summed E-state index contributed by atoms with van der Waals surface area (Å²) in [6.45, 7) is 3.62. The van der Waals surface area contributed by atoms with E-state index in [1.165, 1.54) is 13.2 Å². The molecule has 0 radical (unpaired) electrons. The van der Waals surface area contributed by atoms with Crippen molar-refractivity contribution in [3.8, 4) is 5.75 Å². The van der Waals surface area contributed by atoms with Gasteiger partial charge in [0.15, 0.2) is 0 Å². The summed E-state index contributed by atoms with van der Waals surface area (Å²) in [5, 5.41) is 20.7. The van der Waals surface area contributed by atoms with Gasteiger partial charge in [0.2, 0.25) is 0 Å². The SMILES string of the molecule is CCC(O)C(C)c1ccc(OC)cc1[N+](=O)[O-]. The predicted molar refractivity (Wildman–Crippen MR) is 64.4 cm³/mol. The molecule has 5 nitrogen and oxygen atoms in total. The highest BCUT2D eigenvalue weighted by Crippen LogP contribution is 2.32. The van der Waals surface area contributed by atoms with Crippen LogP contribution in [0.1, 0.15) is 31.7 Å². The first-order chi connectivity index (χ1) is 8.01. The lowest BCUT2D eigenvalue weighted by molar-refractivity contribution is -0.385.